The second-order valence-corrected chi connectivity index (χ2v) is 6.96. The molecule has 0 aliphatic heterocycles. The quantitative estimate of drug-likeness (QED) is 0.483. The van der Waals surface area contributed by atoms with E-state index in [1.54, 1.807) is 30.1 Å². The number of anilines is 1. The van der Waals surface area contributed by atoms with Crippen molar-refractivity contribution in [1.82, 2.24) is 4.98 Å². The van der Waals surface area contributed by atoms with Crippen molar-refractivity contribution in [2.24, 2.45) is 0 Å². The molecule has 0 aliphatic carbocycles. The number of nitriles is 1. The Morgan fingerprint density at radius 3 is 2.48 bits per heavy atom. The topological polar surface area (TPSA) is 57.0 Å². The van der Waals surface area contributed by atoms with Gasteiger partial charge >= 0.3 is 0 Å². The van der Waals surface area contributed by atoms with Gasteiger partial charge in [0.15, 0.2) is 0 Å². The third-order valence-electron chi connectivity index (χ3n) is 4.96. The minimum absolute atomic E-state index is 0.146. The zero-order valence-electron chi connectivity index (χ0n) is 16.3. The van der Waals surface area contributed by atoms with Crippen LogP contribution in [-0.2, 0) is 0 Å². The molecular weight excluding hydrogens is 358 g/mol. The lowest BCUT2D eigenvalue weighted by Crippen LogP contribution is -2.26. The average molecular weight is 377 g/mol. The maximum absolute atomic E-state index is 13.4. The minimum Gasteiger partial charge on any atom is -0.311 e. The molecule has 4 heteroatoms. The van der Waals surface area contributed by atoms with E-state index in [0.29, 0.717) is 16.8 Å². The van der Waals surface area contributed by atoms with Gasteiger partial charge < -0.3 is 4.90 Å². The number of amides is 1. The zero-order valence-corrected chi connectivity index (χ0v) is 16.3. The number of fused-ring (bicyclic) bond motifs is 1. The number of pyridine rings is 1. The van der Waals surface area contributed by atoms with E-state index in [1.807, 2.05) is 67.6 Å². The number of carbonyl (C=O) groups excluding carboxylic acids is 1. The first kappa shape index (κ1) is 18.4. The second-order valence-electron chi connectivity index (χ2n) is 6.96. The summed E-state index contributed by atoms with van der Waals surface area (Å²) in [4.78, 5) is 19.7. The highest BCUT2D eigenvalue weighted by atomic mass is 16.2. The third-order valence-corrected chi connectivity index (χ3v) is 4.96. The van der Waals surface area contributed by atoms with Crippen molar-refractivity contribution < 1.29 is 4.79 Å². The molecular formula is C25H19N3O. The molecule has 4 nitrogen and oxygen atoms in total. The lowest BCUT2D eigenvalue weighted by Gasteiger charge is -2.19. The minimum atomic E-state index is -0.146. The van der Waals surface area contributed by atoms with Crippen LogP contribution in [0.4, 0.5) is 5.69 Å². The lowest BCUT2D eigenvalue weighted by molar-refractivity contribution is 0.0994. The molecule has 1 amide bonds. The molecule has 0 fully saturated rings. The lowest BCUT2D eigenvalue weighted by atomic mass is 10.0. The summed E-state index contributed by atoms with van der Waals surface area (Å²) in [5.74, 6) is -0.146. The molecule has 1 heterocycles. The molecule has 0 aliphatic rings. The summed E-state index contributed by atoms with van der Waals surface area (Å²) in [6, 6.07) is 26.7. The largest absolute Gasteiger partial charge is 0.311 e. The van der Waals surface area contributed by atoms with Crippen molar-refractivity contribution in [1.29, 1.82) is 5.26 Å². The monoisotopic (exact) mass is 377 g/mol. The van der Waals surface area contributed by atoms with E-state index in [1.165, 1.54) is 5.56 Å². The molecule has 0 atom stereocenters. The summed E-state index contributed by atoms with van der Waals surface area (Å²) in [6.45, 7) is 2.04. The fourth-order valence-corrected chi connectivity index (χ4v) is 3.31. The molecule has 0 saturated heterocycles. The van der Waals surface area contributed by atoms with Crippen molar-refractivity contribution in [2.45, 2.75) is 6.92 Å². The SMILES string of the molecule is Cc1ccc(-c2cc(C(=O)N(C)c3cccc(C#N)c3)c3ccccc3n2)cc1. The zero-order chi connectivity index (χ0) is 20.4. The van der Waals surface area contributed by atoms with Gasteiger partial charge in [0.05, 0.1) is 28.4 Å². The van der Waals surface area contributed by atoms with Crippen LogP contribution in [0.25, 0.3) is 22.2 Å². The Kier molecular flexibility index (Phi) is 4.80. The highest BCUT2D eigenvalue weighted by molar-refractivity contribution is 6.14. The fraction of sp³-hybridized carbons (Fsp3) is 0.0800. The van der Waals surface area contributed by atoms with Gasteiger partial charge in [0.2, 0.25) is 0 Å². The number of para-hydroxylation sites is 1. The predicted molar refractivity (Wildman–Crippen MR) is 116 cm³/mol. The maximum atomic E-state index is 13.4. The van der Waals surface area contributed by atoms with Gasteiger partial charge in [-0.2, -0.15) is 5.26 Å². The van der Waals surface area contributed by atoms with E-state index in [4.69, 9.17) is 10.2 Å². The Morgan fingerprint density at radius 2 is 1.72 bits per heavy atom. The number of aromatic nitrogens is 1. The number of carbonyl (C=O) groups is 1. The van der Waals surface area contributed by atoms with Crippen LogP contribution in [0.15, 0.2) is 78.9 Å². The van der Waals surface area contributed by atoms with Gasteiger partial charge in [-0.15, -0.1) is 0 Å². The number of hydrogen-bond acceptors (Lipinski definition) is 3. The maximum Gasteiger partial charge on any atom is 0.258 e. The first-order chi connectivity index (χ1) is 14.1. The predicted octanol–water partition coefficient (Wildman–Crippen LogP) is 5.36. The molecule has 29 heavy (non-hydrogen) atoms. The van der Waals surface area contributed by atoms with Crippen molar-refractivity contribution in [2.75, 3.05) is 11.9 Å². The normalized spacial score (nSPS) is 10.5. The molecule has 0 spiro atoms. The molecule has 1 aromatic heterocycles. The Bertz CT molecular complexity index is 1250. The van der Waals surface area contributed by atoms with E-state index in [-0.39, 0.29) is 5.91 Å². The van der Waals surface area contributed by atoms with E-state index in [2.05, 4.69) is 6.07 Å². The molecule has 4 rings (SSSR count). The fourth-order valence-electron chi connectivity index (χ4n) is 3.31. The summed E-state index contributed by atoms with van der Waals surface area (Å²) in [5.41, 5.74) is 5.43. The average Bonchev–Trinajstić information content (AvgIpc) is 2.78. The Morgan fingerprint density at radius 1 is 0.966 bits per heavy atom. The number of benzene rings is 3. The van der Waals surface area contributed by atoms with E-state index < -0.39 is 0 Å². The van der Waals surface area contributed by atoms with Crippen LogP contribution < -0.4 is 4.90 Å². The highest BCUT2D eigenvalue weighted by Crippen LogP contribution is 2.27. The Balaban J connectivity index is 1.84. The van der Waals surface area contributed by atoms with Crippen molar-refractivity contribution in [3.8, 4) is 17.3 Å². The molecule has 0 unspecified atom stereocenters. The van der Waals surface area contributed by atoms with Crippen LogP contribution in [0.3, 0.4) is 0 Å². The first-order valence-corrected chi connectivity index (χ1v) is 9.32. The Labute approximate surface area is 169 Å². The number of hydrogen-bond donors (Lipinski definition) is 0. The molecule has 0 saturated carbocycles. The van der Waals surface area contributed by atoms with Gasteiger partial charge in [-0.3, -0.25) is 4.79 Å². The van der Waals surface area contributed by atoms with E-state index in [9.17, 15) is 4.79 Å². The molecule has 140 valence electrons. The number of nitrogens with zero attached hydrogens (tertiary/aromatic N) is 3. The summed E-state index contributed by atoms with van der Waals surface area (Å²) in [7, 11) is 1.72. The van der Waals surface area contributed by atoms with Crippen molar-refractivity contribution >= 4 is 22.5 Å². The van der Waals surface area contributed by atoms with Crippen LogP contribution in [0.2, 0.25) is 0 Å². The molecule has 0 bridgehead atoms. The van der Waals surface area contributed by atoms with Gasteiger partial charge in [0.1, 0.15) is 0 Å². The summed E-state index contributed by atoms with van der Waals surface area (Å²) in [6.07, 6.45) is 0. The standard InChI is InChI=1S/C25H19N3O/c1-17-10-12-19(13-11-17)24-15-22(21-8-3-4-9-23(21)27-24)25(29)28(2)20-7-5-6-18(14-20)16-26/h3-15H,1-2H3. The molecule has 3 aromatic carbocycles. The van der Waals surface area contributed by atoms with Gasteiger partial charge in [0, 0.05) is 23.7 Å². The Hall–Kier alpha value is -3.97. The van der Waals surface area contributed by atoms with Crippen LogP contribution in [0, 0.1) is 18.3 Å². The van der Waals surface area contributed by atoms with Gasteiger partial charge in [-0.05, 0) is 37.3 Å². The third kappa shape index (κ3) is 3.59. The van der Waals surface area contributed by atoms with Crippen molar-refractivity contribution in [3.63, 3.8) is 0 Å². The van der Waals surface area contributed by atoms with Crippen LogP contribution in [0.1, 0.15) is 21.5 Å². The van der Waals surface area contributed by atoms with Crippen LogP contribution in [-0.4, -0.2) is 17.9 Å². The molecule has 4 aromatic rings. The summed E-state index contributed by atoms with van der Waals surface area (Å²) in [5, 5.41) is 9.96. The second kappa shape index (κ2) is 7.57. The highest BCUT2D eigenvalue weighted by Gasteiger charge is 2.19. The van der Waals surface area contributed by atoms with Gasteiger partial charge in [-0.25, -0.2) is 4.98 Å². The number of aryl methyl sites for hydroxylation is 1. The van der Waals surface area contributed by atoms with Crippen molar-refractivity contribution in [3.05, 3.63) is 95.6 Å². The summed E-state index contributed by atoms with van der Waals surface area (Å²) < 4.78 is 0. The first-order valence-electron chi connectivity index (χ1n) is 9.32. The number of rotatable bonds is 3. The van der Waals surface area contributed by atoms with E-state index in [0.717, 1.165) is 22.2 Å². The van der Waals surface area contributed by atoms with E-state index >= 15 is 0 Å². The summed E-state index contributed by atoms with van der Waals surface area (Å²) >= 11 is 0. The van der Waals surface area contributed by atoms with Crippen LogP contribution >= 0.6 is 0 Å². The van der Waals surface area contributed by atoms with Gasteiger partial charge in [0.25, 0.3) is 5.91 Å². The molecule has 0 N–H and O–H groups in total. The smallest absolute Gasteiger partial charge is 0.258 e. The molecule has 0 radical (unpaired) electrons. The van der Waals surface area contributed by atoms with Crippen LogP contribution in [0.5, 0.6) is 0 Å². The van der Waals surface area contributed by atoms with Gasteiger partial charge in [-0.1, -0.05) is 54.1 Å².